The molecule has 0 heterocycles. The number of anilines is 1. The van der Waals surface area contributed by atoms with Crippen molar-refractivity contribution >= 4 is 31.5 Å². The molecule has 180 valence electrons. The van der Waals surface area contributed by atoms with Gasteiger partial charge in [-0.25, -0.2) is 16.8 Å². The van der Waals surface area contributed by atoms with Gasteiger partial charge in [-0.15, -0.1) is 0 Å². The summed E-state index contributed by atoms with van der Waals surface area (Å²) in [5.74, 6) is -0.912. The lowest BCUT2D eigenvalue weighted by Crippen LogP contribution is -2.37. The van der Waals surface area contributed by atoms with Crippen LogP contribution in [0.25, 0.3) is 0 Å². The quantitative estimate of drug-likeness (QED) is 0.406. The van der Waals surface area contributed by atoms with E-state index in [1.54, 1.807) is 12.1 Å². The summed E-state index contributed by atoms with van der Waals surface area (Å²) in [6, 6.07) is 15.2. The van der Waals surface area contributed by atoms with Crippen molar-refractivity contribution in [2.45, 2.75) is 16.7 Å². The second-order valence-corrected chi connectivity index (χ2v) is 10.7. The van der Waals surface area contributed by atoms with E-state index in [9.17, 15) is 21.6 Å². The van der Waals surface area contributed by atoms with Crippen molar-refractivity contribution in [2.24, 2.45) is 0 Å². The van der Waals surface area contributed by atoms with Gasteiger partial charge >= 0.3 is 0 Å². The molecule has 0 saturated carbocycles. The Hall–Kier alpha value is -3.57. The number of ketones is 1. The maximum atomic E-state index is 13.8. The highest BCUT2D eigenvalue weighted by molar-refractivity contribution is 8.10. The predicted molar refractivity (Wildman–Crippen MR) is 126 cm³/mol. The first-order valence-electron chi connectivity index (χ1n) is 9.85. The molecule has 0 fully saturated rings. The van der Waals surface area contributed by atoms with Gasteiger partial charge in [0, 0.05) is 0 Å². The number of carbonyl (C=O) groups excluding carboxylic acids is 1. The Balaban J connectivity index is 2.50. The minimum absolute atomic E-state index is 0.0234. The van der Waals surface area contributed by atoms with E-state index in [0.29, 0.717) is 0 Å². The third-order valence-corrected chi connectivity index (χ3v) is 9.06. The van der Waals surface area contributed by atoms with Crippen LogP contribution in [0.1, 0.15) is 17.3 Å². The minimum Gasteiger partial charge on any atom is -0.492 e. The lowest BCUT2D eigenvalue weighted by Gasteiger charge is -2.27. The van der Waals surface area contributed by atoms with Crippen LogP contribution in [0.3, 0.4) is 0 Å². The van der Waals surface area contributed by atoms with Gasteiger partial charge in [0.05, 0.1) is 36.7 Å². The number of hydrogen-bond donors (Lipinski definition) is 0. The van der Waals surface area contributed by atoms with Gasteiger partial charge in [0.25, 0.3) is 20.0 Å². The highest BCUT2D eigenvalue weighted by Crippen LogP contribution is 2.49. The van der Waals surface area contributed by atoms with E-state index in [4.69, 9.17) is 14.2 Å². The summed E-state index contributed by atoms with van der Waals surface area (Å²) in [6.45, 7) is 1.23. The SMILES string of the molecule is COc1c(C(C)=O)cc(N(S(=O)(=O)c2ccccc2)S(=O)(=O)c2ccccc2)c(OC)c1OC. The van der Waals surface area contributed by atoms with Crippen molar-refractivity contribution in [1.82, 2.24) is 0 Å². The van der Waals surface area contributed by atoms with Gasteiger partial charge in [0.15, 0.2) is 17.3 Å². The number of benzene rings is 3. The first-order chi connectivity index (χ1) is 16.1. The summed E-state index contributed by atoms with van der Waals surface area (Å²) >= 11 is 0. The number of Topliss-reactive ketones (excluding diaryl/α,β-unsaturated/α-hetero) is 1. The van der Waals surface area contributed by atoms with Crippen LogP contribution in [-0.4, -0.2) is 43.9 Å². The molecule has 0 unspecified atom stereocenters. The number of nitrogens with zero attached hydrogens (tertiary/aromatic N) is 1. The molecule has 3 rings (SSSR count). The zero-order valence-electron chi connectivity index (χ0n) is 18.9. The van der Waals surface area contributed by atoms with Crippen LogP contribution < -0.4 is 17.9 Å². The number of ether oxygens (including phenoxy) is 3. The summed E-state index contributed by atoms with van der Waals surface area (Å²) in [7, 11) is -5.67. The Kier molecular flexibility index (Phi) is 7.18. The molecular formula is C23H23NO8S2. The van der Waals surface area contributed by atoms with E-state index in [-0.39, 0.29) is 36.3 Å². The molecule has 0 spiro atoms. The average molecular weight is 506 g/mol. The molecule has 0 aliphatic rings. The van der Waals surface area contributed by atoms with Gasteiger partial charge in [0.2, 0.25) is 5.75 Å². The summed E-state index contributed by atoms with van der Waals surface area (Å²) in [6.07, 6.45) is 0. The number of sulfonamides is 2. The van der Waals surface area contributed by atoms with Crippen molar-refractivity contribution in [3.63, 3.8) is 0 Å². The number of rotatable bonds is 9. The van der Waals surface area contributed by atoms with Crippen LogP contribution in [0.2, 0.25) is 0 Å². The molecule has 3 aromatic carbocycles. The van der Waals surface area contributed by atoms with E-state index in [2.05, 4.69) is 0 Å². The molecule has 3 aromatic rings. The van der Waals surface area contributed by atoms with Gasteiger partial charge in [0.1, 0.15) is 5.69 Å². The third-order valence-electron chi connectivity index (χ3n) is 4.88. The minimum atomic E-state index is -4.72. The van der Waals surface area contributed by atoms with Gasteiger partial charge in [-0.1, -0.05) is 36.4 Å². The van der Waals surface area contributed by atoms with Crippen LogP contribution in [0.4, 0.5) is 5.69 Å². The molecule has 34 heavy (non-hydrogen) atoms. The van der Waals surface area contributed by atoms with E-state index in [1.807, 2.05) is 0 Å². The van der Waals surface area contributed by atoms with Crippen molar-refractivity contribution in [3.05, 3.63) is 72.3 Å². The van der Waals surface area contributed by atoms with Crippen LogP contribution in [-0.2, 0) is 20.0 Å². The molecule has 0 N–H and O–H groups in total. The zero-order valence-corrected chi connectivity index (χ0v) is 20.5. The first-order valence-corrected chi connectivity index (χ1v) is 12.7. The Morgan fingerprint density at radius 1 is 0.676 bits per heavy atom. The van der Waals surface area contributed by atoms with Crippen LogP contribution in [0, 0.1) is 0 Å². The fourth-order valence-corrected chi connectivity index (χ4v) is 7.08. The average Bonchev–Trinajstić information content (AvgIpc) is 2.83. The Morgan fingerprint density at radius 3 is 1.44 bits per heavy atom. The van der Waals surface area contributed by atoms with E-state index in [1.165, 1.54) is 76.8 Å². The molecule has 0 bridgehead atoms. The molecule has 0 aliphatic heterocycles. The largest absolute Gasteiger partial charge is 0.492 e. The van der Waals surface area contributed by atoms with E-state index < -0.39 is 31.5 Å². The summed E-state index contributed by atoms with van der Waals surface area (Å²) < 4.78 is 71.5. The topological polar surface area (TPSA) is 116 Å². The van der Waals surface area contributed by atoms with Gasteiger partial charge in [-0.2, -0.15) is 3.71 Å². The maximum Gasteiger partial charge on any atom is 0.277 e. The van der Waals surface area contributed by atoms with Crippen LogP contribution in [0.5, 0.6) is 17.2 Å². The monoisotopic (exact) mass is 505 g/mol. The first kappa shape index (κ1) is 25.1. The summed E-state index contributed by atoms with van der Waals surface area (Å²) in [4.78, 5) is 11.8. The van der Waals surface area contributed by atoms with Crippen molar-refractivity contribution in [2.75, 3.05) is 25.0 Å². The molecule has 0 amide bonds. The highest BCUT2D eigenvalue weighted by atomic mass is 32.3. The van der Waals surface area contributed by atoms with E-state index in [0.717, 1.165) is 6.07 Å². The van der Waals surface area contributed by atoms with Gasteiger partial charge in [-0.3, -0.25) is 4.79 Å². The molecule has 0 radical (unpaired) electrons. The lowest BCUT2D eigenvalue weighted by molar-refractivity contribution is 0.101. The molecule has 0 aliphatic carbocycles. The predicted octanol–water partition coefficient (Wildman–Crippen LogP) is 3.50. The zero-order chi connectivity index (χ0) is 25.1. The molecule has 11 heteroatoms. The van der Waals surface area contributed by atoms with Crippen LogP contribution >= 0.6 is 0 Å². The van der Waals surface area contributed by atoms with Gasteiger partial charge < -0.3 is 14.2 Å². The van der Waals surface area contributed by atoms with E-state index >= 15 is 0 Å². The number of carbonyl (C=O) groups is 1. The smallest absolute Gasteiger partial charge is 0.277 e. The summed E-state index contributed by atoms with van der Waals surface area (Å²) in [5.41, 5.74) is -0.523. The van der Waals surface area contributed by atoms with Crippen LogP contribution in [0.15, 0.2) is 76.5 Å². The molecule has 0 aromatic heterocycles. The van der Waals surface area contributed by atoms with Crippen molar-refractivity contribution < 1.29 is 35.8 Å². The third kappa shape index (κ3) is 4.31. The maximum absolute atomic E-state index is 13.8. The Bertz CT molecular complexity index is 1330. The highest BCUT2D eigenvalue weighted by Gasteiger charge is 2.41. The molecule has 9 nitrogen and oxygen atoms in total. The normalized spacial score (nSPS) is 11.5. The lowest BCUT2D eigenvalue weighted by atomic mass is 10.1. The Morgan fingerprint density at radius 2 is 1.09 bits per heavy atom. The molecule has 0 saturated heterocycles. The summed E-state index contributed by atoms with van der Waals surface area (Å²) in [5, 5.41) is 0. The second kappa shape index (κ2) is 9.74. The number of hydrogen-bond acceptors (Lipinski definition) is 8. The van der Waals surface area contributed by atoms with Crippen molar-refractivity contribution in [3.8, 4) is 17.2 Å². The standard InChI is InChI=1S/C23H23NO8S2/c1-16(25)19-15-20(22(31-3)23(32-4)21(19)30-2)24(33(26,27)17-11-7-5-8-12-17)34(28,29)18-13-9-6-10-14-18/h5-15H,1-4H3. The fourth-order valence-electron chi connectivity index (χ4n) is 3.36. The number of methoxy groups -OCH3 is 3. The van der Waals surface area contributed by atoms with Crippen molar-refractivity contribution in [1.29, 1.82) is 0 Å². The van der Waals surface area contributed by atoms with Gasteiger partial charge in [-0.05, 0) is 37.3 Å². The Labute approximate surface area is 198 Å². The molecular weight excluding hydrogens is 482 g/mol. The fraction of sp³-hybridized carbons (Fsp3) is 0.174. The second-order valence-electron chi connectivity index (χ2n) is 6.93. The molecule has 0 atom stereocenters.